The van der Waals surface area contributed by atoms with E-state index in [-0.39, 0.29) is 0 Å². The third-order valence-electron chi connectivity index (χ3n) is 4.06. The molecule has 2 rings (SSSR count). The van der Waals surface area contributed by atoms with Crippen molar-refractivity contribution >= 4 is 22.9 Å². The van der Waals surface area contributed by atoms with E-state index in [9.17, 15) is 0 Å². The fourth-order valence-electron chi connectivity index (χ4n) is 2.73. The summed E-state index contributed by atoms with van der Waals surface area (Å²) in [5, 5.41) is 3.60. The van der Waals surface area contributed by atoms with Crippen molar-refractivity contribution in [2.24, 2.45) is 5.92 Å². The normalized spacial score (nSPS) is 19.6. The number of halogens is 1. The van der Waals surface area contributed by atoms with Gasteiger partial charge in [-0.15, -0.1) is 11.3 Å². The predicted molar refractivity (Wildman–Crippen MR) is 88.7 cm³/mol. The minimum atomic E-state index is 0.624. The molecule has 1 aliphatic rings. The third-order valence-corrected chi connectivity index (χ3v) is 5.29. The van der Waals surface area contributed by atoms with Gasteiger partial charge in [-0.25, -0.2) is 0 Å². The van der Waals surface area contributed by atoms with Crippen LogP contribution in [0.1, 0.15) is 18.7 Å². The van der Waals surface area contributed by atoms with Crippen LogP contribution in [-0.4, -0.2) is 55.6 Å². The van der Waals surface area contributed by atoms with Gasteiger partial charge in [0.15, 0.2) is 0 Å². The van der Waals surface area contributed by atoms with Crippen LogP contribution in [0.3, 0.4) is 0 Å². The van der Waals surface area contributed by atoms with Gasteiger partial charge in [-0.1, -0.05) is 25.4 Å². The Morgan fingerprint density at radius 3 is 2.50 bits per heavy atom. The van der Waals surface area contributed by atoms with Gasteiger partial charge in [0.05, 0.1) is 4.34 Å². The van der Waals surface area contributed by atoms with E-state index in [2.05, 4.69) is 42.1 Å². The maximum absolute atomic E-state index is 5.97. The minimum absolute atomic E-state index is 0.624. The fraction of sp³-hybridized carbons (Fsp3) is 0.733. The zero-order valence-corrected chi connectivity index (χ0v) is 14.3. The molecule has 0 aliphatic carbocycles. The van der Waals surface area contributed by atoms with E-state index < -0.39 is 0 Å². The van der Waals surface area contributed by atoms with Gasteiger partial charge in [-0.2, -0.15) is 0 Å². The number of hydrogen-bond acceptors (Lipinski definition) is 4. The first-order chi connectivity index (χ1) is 9.56. The van der Waals surface area contributed by atoms with Crippen molar-refractivity contribution in [3.8, 4) is 0 Å². The lowest BCUT2D eigenvalue weighted by Crippen LogP contribution is -2.53. The Morgan fingerprint density at radius 1 is 1.25 bits per heavy atom. The number of nitrogens with zero attached hydrogens (tertiary/aromatic N) is 2. The van der Waals surface area contributed by atoms with Gasteiger partial charge in [0, 0.05) is 50.2 Å². The van der Waals surface area contributed by atoms with Crippen LogP contribution in [0.5, 0.6) is 0 Å². The molecule has 114 valence electrons. The Labute approximate surface area is 131 Å². The van der Waals surface area contributed by atoms with E-state index in [1.807, 2.05) is 6.07 Å². The van der Waals surface area contributed by atoms with E-state index >= 15 is 0 Å². The molecule has 0 amide bonds. The molecular formula is C15H26ClN3S. The molecule has 20 heavy (non-hydrogen) atoms. The molecule has 1 aromatic rings. The lowest BCUT2D eigenvalue weighted by Gasteiger charge is -2.40. The van der Waals surface area contributed by atoms with Gasteiger partial charge in [0.2, 0.25) is 0 Å². The lowest BCUT2D eigenvalue weighted by molar-refractivity contribution is 0.0875. The van der Waals surface area contributed by atoms with Crippen LogP contribution >= 0.6 is 22.9 Å². The molecule has 2 heterocycles. The number of piperazine rings is 1. The van der Waals surface area contributed by atoms with Crippen molar-refractivity contribution < 1.29 is 0 Å². The molecule has 1 fully saturated rings. The molecule has 1 saturated heterocycles. The monoisotopic (exact) mass is 315 g/mol. The molecule has 1 N–H and O–H groups in total. The van der Waals surface area contributed by atoms with Crippen LogP contribution in [-0.2, 0) is 6.54 Å². The average molecular weight is 316 g/mol. The predicted octanol–water partition coefficient (Wildman–Crippen LogP) is 2.76. The molecule has 0 aromatic carbocycles. The largest absolute Gasteiger partial charge is 0.310 e. The Balaban J connectivity index is 1.80. The van der Waals surface area contributed by atoms with Crippen molar-refractivity contribution in [1.82, 2.24) is 15.1 Å². The Kier molecular flexibility index (Phi) is 6.30. The average Bonchev–Trinajstić information content (AvgIpc) is 2.81. The quantitative estimate of drug-likeness (QED) is 0.871. The number of hydrogen-bond donors (Lipinski definition) is 1. The van der Waals surface area contributed by atoms with E-state index in [4.69, 9.17) is 11.6 Å². The summed E-state index contributed by atoms with van der Waals surface area (Å²) in [4.78, 5) is 6.37. The fourth-order valence-corrected chi connectivity index (χ4v) is 3.79. The highest BCUT2D eigenvalue weighted by Crippen LogP contribution is 2.21. The number of nitrogens with one attached hydrogen (secondary N) is 1. The summed E-state index contributed by atoms with van der Waals surface area (Å²) in [6, 6.07) is 4.71. The summed E-state index contributed by atoms with van der Waals surface area (Å²) in [5.74, 6) is 0.679. The van der Waals surface area contributed by atoms with Crippen LogP contribution < -0.4 is 5.32 Å². The van der Waals surface area contributed by atoms with Crippen LogP contribution in [0.25, 0.3) is 0 Å². The molecule has 1 unspecified atom stereocenters. The molecule has 0 spiro atoms. The minimum Gasteiger partial charge on any atom is -0.310 e. The summed E-state index contributed by atoms with van der Waals surface area (Å²) in [5.41, 5.74) is 0. The number of thiophene rings is 1. The van der Waals surface area contributed by atoms with Gasteiger partial charge in [-0.05, 0) is 25.1 Å². The smallest absolute Gasteiger partial charge is 0.0931 e. The van der Waals surface area contributed by atoms with Gasteiger partial charge in [0.1, 0.15) is 0 Å². The van der Waals surface area contributed by atoms with Crippen LogP contribution in [0.15, 0.2) is 12.1 Å². The number of likely N-dealkylation sites (N-methyl/N-ethyl adjacent to an activating group) is 1. The summed E-state index contributed by atoms with van der Waals surface area (Å²) >= 11 is 7.63. The molecule has 1 aliphatic heterocycles. The molecular weight excluding hydrogens is 290 g/mol. The van der Waals surface area contributed by atoms with Gasteiger partial charge >= 0.3 is 0 Å². The highest BCUT2D eigenvalue weighted by molar-refractivity contribution is 7.16. The first kappa shape index (κ1) is 16.2. The van der Waals surface area contributed by atoms with Gasteiger partial charge in [0.25, 0.3) is 0 Å². The number of rotatable bonds is 6. The van der Waals surface area contributed by atoms with E-state index in [1.54, 1.807) is 11.3 Å². The Hall–Kier alpha value is -0.130. The SMILES string of the molecule is CC(C)C(CNCc1ccc(Cl)s1)N1CCN(C)CC1. The summed E-state index contributed by atoms with van der Waals surface area (Å²) in [6.07, 6.45) is 0. The van der Waals surface area contributed by atoms with Crippen LogP contribution in [0.2, 0.25) is 4.34 Å². The van der Waals surface area contributed by atoms with Crippen molar-refractivity contribution in [1.29, 1.82) is 0 Å². The standard InChI is InChI=1S/C15H26ClN3S/c1-12(2)14(19-8-6-18(3)7-9-19)11-17-10-13-4-5-15(16)20-13/h4-5,12,14,17H,6-11H2,1-3H3. The van der Waals surface area contributed by atoms with Crippen molar-refractivity contribution in [3.63, 3.8) is 0 Å². The molecule has 1 aromatic heterocycles. The molecule has 0 saturated carbocycles. The Morgan fingerprint density at radius 2 is 1.95 bits per heavy atom. The molecule has 0 bridgehead atoms. The molecule has 1 atom stereocenters. The maximum atomic E-state index is 5.97. The van der Waals surface area contributed by atoms with Crippen molar-refractivity contribution in [2.45, 2.75) is 26.4 Å². The molecule has 0 radical (unpaired) electrons. The second kappa shape index (κ2) is 7.76. The third kappa shape index (κ3) is 4.71. The van der Waals surface area contributed by atoms with Crippen molar-refractivity contribution in [2.75, 3.05) is 39.8 Å². The molecule has 3 nitrogen and oxygen atoms in total. The van der Waals surface area contributed by atoms with E-state index in [1.165, 1.54) is 31.1 Å². The first-order valence-electron chi connectivity index (χ1n) is 7.44. The second-order valence-corrected chi connectivity index (χ2v) is 7.79. The van der Waals surface area contributed by atoms with E-state index in [0.29, 0.717) is 12.0 Å². The van der Waals surface area contributed by atoms with Crippen LogP contribution in [0, 0.1) is 5.92 Å². The lowest BCUT2D eigenvalue weighted by atomic mass is 10.0. The zero-order chi connectivity index (χ0) is 14.5. The Bertz CT molecular complexity index is 400. The van der Waals surface area contributed by atoms with Crippen LogP contribution in [0.4, 0.5) is 0 Å². The summed E-state index contributed by atoms with van der Waals surface area (Å²) in [7, 11) is 2.21. The molecule has 5 heteroatoms. The van der Waals surface area contributed by atoms with Gasteiger partial charge in [-0.3, -0.25) is 4.90 Å². The first-order valence-corrected chi connectivity index (χ1v) is 8.63. The summed E-state index contributed by atoms with van der Waals surface area (Å²) in [6.45, 7) is 11.4. The maximum Gasteiger partial charge on any atom is 0.0931 e. The highest BCUT2D eigenvalue weighted by atomic mass is 35.5. The second-order valence-electron chi connectivity index (χ2n) is 5.99. The highest BCUT2D eigenvalue weighted by Gasteiger charge is 2.24. The van der Waals surface area contributed by atoms with E-state index in [0.717, 1.165) is 17.4 Å². The van der Waals surface area contributed by atoms with Crippen molar-refractivity contribution in [3.05, 3.63) is 21.3 Å². The summed E-state index contributed by atoms with van der Waals surface area (Å²) < 4.78 is 0.876. The topological polar surface area (TPSA) is 18.5 Å². The zero-order valence-electron chi connectivity index (χ0n) is 12.7. The van der Waals surface area contributed by atoms with Gasteiger partial charge < -0.3 is 10.2 Å².